The minimum Gasteiger partial charge on any atom is -0.310 e. The number of fused-ring (bicyclic) bond motifs is 1. The fourth-order valence-electron chi connectivity index (χ4n) is 8.46. The second-order valence-corrected chi connectivity index (χ2v) is 17.3. The molecule has 0 amide bonds. The summed E-state index contributed by atoms with van der Waals surface area (Å²) >= 11 is 5.22. The van der Waals surface area contributed by atoms with Crippen LogP contribution in [0.15, 0.2) is 180 Å². The Morgan fingerprint density at radius 2 is 0.968 bits per heavy atom. The lowest BCUT2D eigenvalue weighted by atomic mass is 9.87. The highest BCUT2D eigenvalue weighted by atomic mass is 32.1. The summed E-state index contributed by atoms with van der Waals surface area (Å²) in [6, 6.07) is 52.4. The Bertz CT molecular complexity index is 2990. The third-order valence-corrected chi connectivity index (χ3v) is 12.8. The van der Waals surface area contributed by atoms with Gasteiger partial charge in [0.25, 0.3) is 0 Å². The molecule has 1 aliphatic rings. The van der Waals surface area contributed by atoms with Gasteiger partial charge >= 0.3 is 0 Å². The van der Waals surface area contributed by atoms with E-state index in [0.717, 1.165) is 78.4 Å². The number of rotatable bonds is 9. The largest absolute Gasteiger partial charge is 0.310 e. The van der Waals surface area contributed by atoms with Crippen molar-refractivity contribution in [2.24, 2.45) is 0 Å². The van der Waals surface area contributed by atoms with Gasteiger partial charge in [0.1, 0.15) is 5.41 Å². The molecule has 8 aromatic rings. The summed E-state index contributed by atoms with van der Waals surface area (Å²) in [6.07, 6.45) is 4.23. The van der Waals surface area contributed by atoms with Crippen molar-refractivity contribution in [1.29, 1.82) is 5.41 Å². The molecule has 6 heteroatoms. The van der Waals surface area contributed by atoms with Gasteiger partial charge in [-0.1, -0.05) is 119 Å². The molecule has 0 aliphatic heterocycles. The van der Waals surface area contributed by atoms with E-state index in [9.17, 15) is 5.41 Å². The van der Waals surface area contributed by atoms with Crippen LogP contribution in [0.3, 0.4) is 0 Å². The molecule has 1 N–H and O–H groups in total. The van der Waals surface area contributed by atoms with E-state index in [1.807, 2.05) is 5.41 Å². The van der Waals surface area contributed by atoms with Crippen LogP contribution in [0.4, 0.5) is 28.4 Å². The summed E-state index contributed by atoms with van der Waals surface area (Å²) in [6.45, 7) is 12.8. The normalized spacial score (nSPS) is 13.3. The highest BCUT2D eigenvalue weighted by Crippen LogP contribution is 2.44. The minimum atomic E-state index is 0.467. The molecule has 0 radical (unpaired) electrons. The Labute approximate surface area is 374 Å². The lowest BCUT2D eigenvalue weighted by Gasteiger charge is -2.31. The standard InChI is InChI=1S/C56H48N4S2/c1-35-7-17-43(18-8-35)59(44-19-9-36(2)10-20-44)53-29-27-49(55(57)51(53)33-61)41-15-25-47(39(5)31-41)48-26-16-42(32-40(48)6)50-28-30-54(52-34-62-58-56(50)52)60(45-21-11-37(3)12-22-45)46-23-13-38(4)14-24-46/h7-34,57,61H,1-6H3/p+1/b51-33-,57-55?. The van der Waals surface area contributed by atoms with Crippen LogP contribution < -0.4 is 9.80 Å². The molecule has 0 unspecified atom stereocenters. The van der Waals surface area contributed by atoms with Crippen LogP contribution in [0.25, 0.3) is 38.7 Å². The molecular formula is C56H49N4S2+. The molecule has 1 heterocycles. The van der Waals surface area contributed by atoms with E-state index >= 15 is 0 Å². The molecule has 4 nitrogen and oxygen atoms in total. The van der Waals surface area contributed by atoms with E-state index in [4.69, 9.17) is 4.37 Å². The average Bonchev–Trinajstić information content (AvgIpc) is 3.78. The van der Waals surface area contributed by atoms with E-state index in [1.54, 1.807) is 0 Å². The molecule has 1 aliphatic carbocycles. The zero-order valence-electron chi connectivity index (χ0n) is 35.9. The number of hydrogen-bond donors (Lipinski definition) is 1. The van der Waals surface area contributed by atoms with Gasteiger partial charge in [0.05, 0.1) is 28.2 Å². The maximum atomic E-state index is 9.53. The Hall–Kier alpha value is -6.73. The number of nitrogens with zero attached hydrogens (tertiary/aromatic N) is 3. The molecule has 304 valence electrons. The summed E-state index contributed by atoms with van der Waals surface area (Å²) in [4.78, 5) is 4.56. The van der Waals surface area contributed by atoms with E-state index in [2.05, 4.69) is 227 Å². The van der Waals surface area contributed by atoms with Crippen molar-refractivity contribution in [3.63, 3.8) is 0 Å². The lowest BCUT2D eigenvalue weighted by molar-refractivity contribution is 1.18. The topological polar surface area (TPSA) is 43.2 Å². The predicted molar refractivity (Wildman–Crippen MR) is 271 cm³/mol. The maximum Gasteiger partial charge on any atom is 0.126 e. The summed E-state index contributed by atoms with van der Waals surface area (Å²) in [5.41, 5.74) is 22.4. The van der Waals surface area contributed by atoms with Crippen molar-refractivity contribution in [3.8, 4) is 22.3 Å². The van der Waals surface area contributed by atoms with Crippen molar-refractivity contribution in [2.45, 2.75) is 41.5 Å². The fourth-order valence-corrected chi connectivity index (χ4v) is 9.44. The Kier molecular flexibility index (Phi) is 11.1. The predicted octanol–water partition coefficient (Wildman–Crippen LogP) is 15.0. The van der Waals surface area contributed by atoms with Crippen molar-refractivity contribution in [2.75, 3.05) is 9.80 Å². The van der Waals surface area contributed by atoms with Gasteiger partial charge < -0.3 is 9.80 Å². The van der Waals surface area contributed by atoms with Gasteiger partial charge in [-0.3, -0.25) is 5.41 Å². The van der Waals surface area contributed by atoms with E-state index in [1.165, 1.54) is 50.5 Å². The van der Waals surface area contributed by atoms with Crippen LogP contribution in [0.2, 0.25) is 0 Å². The number of aryl methyl sites for hydroxylation is 6. The summed E-state index contributed by atoms with van der Waals surface area (Å²) in [5, 5.41) is 14.7. The first kappa shape index (κ1) is 40.7. The number of aromatic nitrogens is 1. The second kappa shape index (κ2) is 17.0. The van der Waals surface area contributed by atoms with Crippen LogP contribution in [0.5, 0.6) is 0 Å². The minimum absolute atomic E-state index is 0.467. The zero-order chi connectivity index (χ0) is 43.1. The smallest absolute Gasteiger partial charge is 0.126 e. The molecule has 0 bridgehead atoms. The first-order chi connectivity index (χ1) is 30.1. The number of hydrogen-bond acceptors (Lipinski definition) is 5. The third-order valence-electron chi connectivity index (χ3n) is 11.9. The van der Waals surface area contributed by atoms with Crippen LogP contribution in [-0.4, -0.2) is 10.1 Å². The first-order valence-electron chi connectivity index (χ1n) is 20.9. The molecule has 9 rings (SSSR count). The van der Waals surface area contributed by atoms with Gasteiger partial charge in [-0.25, -0.2) is 0 Å². The first-order valence-corrected chi connectivity index (χ1v) is 22.3. The van der Waals surface area contributed by atoms with Crippen LogP contribution in [0, 0.1) is 47.0 Å². The van der Waals surface area contributed by atoms with Gasteiger partial charge in [-0.2, -0.15) is 4.37 Å². The highest BCUT2D eigenvalue weighted by Gasteiger charge is 2.27. The van der Waals surface area contributed by atoms with Crippen molar-refractivity contribution < 1.29 is 0 Å². The summed E-state index contributed by atoms with van der Waals surface area (Å²) < 4.78 is 4.98. The quantitative estimate of drug-likeness (QED) is 0.147. The monoisotopic (exact) mass is 841 g/mol. The molecule has 7 aromatic carbocycles. The van der Waals surface area contributed by atoms with Crippen LogP contribution >= 0.6 is 11.5 Å². The van der Waals surface area contributed by atoms with Crippen LogP contribution in [-0.2, 0) is 12.6 Å². The van der Waals surface area contributed by atoms with Gasteiger partial charge in [0, 0.05) is 44.7 Å². The molecule has 0 fully saturated rings. The molecule has 0 saturated carbocycles. The molecule has 0 saturated heterocycles. The molecule has 1 aromatic heterocycles. The van der Waals surface area contributed by atoms with Gasteiger partial charge in [0.2, 0.25) is 0 Å². The number of benzene rings is 7. The molecule has 62 heavy (non-hydrogen) atoms. The molecular weight excluding hydrogens is 793 g/mol. The number of allylic oxidation sites excluding steroid dienone is 4. The average molecular weight is 842 g/mol. The SMILES string of the molecule is Cc1ccc(N(C2=CC=C(c3ccc(-c4ccc(-c5ccc(N(c6ccc(C)cc6)c6ccc(C)cc6)c6csnc56)cc4C)c(C)c3)C(=N)/C2=C\[SH2+])c2ccc(C)cc2)cc1. The fraction of sp³-hybridized carbons (Fsp3) is 0.107. The van der Waals surface area contributed by atoms with Crippen molar-refractivity contribution in [1.82, 2.24) is 4.37 Å². The van der Waals surface area contributed by atoms with E-state index in [-0.39, 0.29) is 0 Å². The summed E-state index contributed by atoms with van der Waals surface area (Å²) in [7, 11) is 0. The van der Waals surface area contributed by atoms with Crippen molar-refractivity contribution >= 4 is 74.8 Å². The summed E-state index contributed by atoms with van der Waals surface area (Å²) in [5.74, 6) is 0. The Balaban J connectivity index is 1.04. The van der Waals surface area contributed by atoms with Gasteiger partial charge in [0.15, 0.2) is 0 Å². The lowest BCUT2D eigenvalue weighted by Crippen LogP contribution is -2.24. The molecule has 0 spiro atoms. The number of nitrogens with one attached hydrogen (secondary N) is 1. The molecule has 0 atom stereocenters. The zero-order valence-corrected chi connectivity index (χ0v) is 37.7. The maximum absolute atomic E-state index is 9.53. The van der Waals surface area contributed by atoms with E-state index < -0.39 is 0 Å². The third kappa shape index (κ3) is 7.72. The van der Waals surface area contributed by atoms with Crippen LogP contribution in [0.1, 0.15) is 38.9 Å². The van der Waals surface area contributed by atoms with Gasteiger partial charge in [-0.15, -0.1) is 0 Å². The van der Waals surface area contributed by atoms with Gasteiger partial charge in [-0.05, 0) is 160 Å². The number of anilines is 5. The second-order valence-electron chi connectivity index (χ2n) is 16.3. The Morgan fingerprint density at radius 3 is 1.45 bits per heavy atom. The highest BCUT2D eigenvalue weighted by molar-refractivity contribution is 7.62. The Morgan fingerprint density at radius 1 is 0.516 bits per heavy atom. The van der Waals surface area contributed by atoms with Crippen molar-refractivity contribution in [3.05, 3.63) is 219 Å². The van der Waals surface area contributed by atoms with E-state index in [0.29, 0.717) is 5.71 Å².